The van der Waals surface area contributed by atoms with Crippen molar-refractivity contribution >= 4 is 23.0 Å². The van der Waals surface area contributed by atoms with Crippen LogP contribution in [-0.2, 0) is 13.0 Å². The molecule has 2 nitrogen and oxygen atoms in total. The van der Waals surface area contributed by atoms with Crippen molar-refractivity contribution in [1.82, 2.24) is 0 Å². The maximum atomic E-state index is 13.9. The first-order chi connectivity index (χ1) is 9.56. The molecule has 2 aromatic rings. The zero-order chi connectivity index (χ0) is 14.3. The zero-order valence-electron chi connectivity index (χ0n) is 11.3. The highest BCUT2D eigenvalue weighted by molar-refractivity contribution is 6.31. The third-order valence-corrected chi connectivity index (χ3v) is 4.22. The van der Waals surface area contributed by atoms with Crippen LogP contribution in [0.5, 0.6) is 0 Å². The quantitative estimate of drug-likeness (QED) is 0.849. The van der Waals surface area contributed by atoms with E-state index < -0.39 is 0 Å². The van der Waals surface area contributed by atoms with Crippen LogP contribution in [0.15, 0.2) is 30.3 Å². The summed E-state index contributed by atoms with van der Waals surface area (Å²) >= 11 is 6.10. The monoisotopic (exact) mass is 290 g/mol. The minimum Gasteiger partial charge on any atom is -0.398 e. The Bertz CT molecular complexity index is 650. The molecule has 0 amide bonds. The van der Waals surface area contributed by atoms with E-state index in [1.807, 2.05) is 13.0 Å². The molecule has 0 radical (unpaired) electrons. The summed E-state index contributed by atoms with van der Waals surface area (Å²) in [6.45, 7) is 3.34. The lowest BCUT2D eigenvalue weighted by Crippen LogP contribution is -2.20. The molecule has 1 aliphatic heterocycles. The average molecular weight is 291 g/mol. The minimum atomic E-state index is -0.258. The molecule has 4 heteroatoms. The van der Waals surface area contributed by atoms with E-state index in [0.29, 0.717) is 17.1 Å². The van der Waals surface area contributed by atoms with Crippen molar-refractivity contribution in [2.24, 2.45) is 0 Å². The van der Waals surface area contributed by atoms with Crippen molar-refractivity contribution in [3.05, 3.63) is 57.9 Å². The summed E-state index contributed by atoms with van der Waals surface area (Å²) in [6.07, 6.45) is 0.961. The Kier molecular flexibility index (Phi) is 3.30. The standard InChI is InChI=1S/C16H16ClFN2/c1-10-7-11-5-6-20(16(11)8-15(10)19)9-12-13(17)3-2-4-14(12)18/h2-4,7-8H,5-6,9,19H2,1H3. The van der Waals surface area contributed by atoms with Crippen LogP contribution in [0.1, 0.15) is 16.7 Å². The number of nitrogen functional groups attached to an aromatic ring is 1. The normalized spacial score (nSPS) is 13.7. The number of benzene rings is 2. The van der Waals surface area contributed by atoms with E-state index >= 15 is 0 Å². The summed E-state index contributed by atoms with van der Waals surface area (Å²) in [5.41, 5.74) is 10.7. The van der Waals surface area contributed by atoms with Crippen LogP contribution in [-0.4, -0.2) is 6.54 Å². The van der Waals surface area contributed by atoms with Crippen LogP contribution in [0.4, 0.5) is 15.8 Å². The zero-order valence-corrected chi connectivity index (χ0v) is 12.0. The van der Waals surface area contributed by atoms with E-state index in [1.165, 1.54) is 11.6 Å². The molecule has 0 spiro atoms. The van der Waals surface area contributed by atoms with Gasteiger partial charge in [0.15, 0.2) is 0 Å². The molecule has 0 saturated heterocycles. The SMILES string of the molecule is Cc1cc2c(cc1N)N(Cc1c(F)cccc1Cl)CC2. The number of anilines is 2. The third kappa shape index (κ3) is 2.22. The van der Waals surface area contributed by atoms with Crippen LogP contribution >= 0.6 is 11.6 Å². The van der Waals surface area contributed by atoms with Gasteiger partial charge in [-0.05, 0) is 42.7 Å². The van der Waals surface area contributed by atoms with E-state index in [-0.39, 0.29) is 5.82 Å². The summed E-state index contributed by atoms with van der Waals surface area (Å²) in [5.74, 6) is -0.258. The van der Waals surface area contributed by atoms with Gasteiger partial charge in [-0.1, -0.05) is 23.7 Å². The maximum Gasteiger partial charge on any atom is 0.129 e. The number of halogens is 2. The fraction of sp³-hybridized carbons (Fsp3) is 0.250. The van der Waals surface area contributed by atoms with Crippen LogP contribution < -0.4 is 10.6 Å². The van der Waals surface area contributed by atoms with Crippen LogP contribution in [0, 0.1) is 12.7 Å². The van der Waals surface area contributed by atoms with Crippen molar-refractivity contribution in [2.75, 3.05) is 17.2 Å². The summed E-state index contributed by atoms with van der Waals surface area (Å²) in [4.78, 5) is 2.13. The molecular formula is C16H16ClFN2. The Labute approximate surface area is 123 Å². The third-order valence-electron chi connectivity index (χ3n) is 3.87. The predicted octanol–water partition coefficient (Wildman–Crippen LogP) is 3.93. The van der Waals surface area contributed by atoms with Gasteiger partial charge in [0.05, 0.1) is 0 Å². The Hall–Kier alpha value is -1.74. The molecule has 0 aromatic heterocycles. The molecule has 20 heavy (non-hydrogen) atoms. The molecule has 0 atom stereocenters. The molecule has 1 heterocycles. The molecule has 2 aromatic carbocycles. The highest BCUT2D eigenvalue weighted by Gasteiger charge is 2.22. The van der Waals surface area contributed by atoms with E-state index in [4.69, 9.17) is 17.3 Å². The van der Waals surface area contributed by atoms with E-state index in [2.05, 4.69) is 11.0 Å². The van der Waals surface area contributed by atoms with Gasteiger partial charge in [-0.15, -0.1) is 0 Å². The van der Waals surface area contributed by atoms with Crippen molar-refractivity contribution in [3.8, 4) is 0 Å². The fourth-order valence-corrected chi connectivity index (χ4v) is 2.90. The average Bonchev–Trinajstić information content (AvgIpc) is 2.77. The molecule has 104 valence electrons. The molecule has 0 aliphatic carbocycles. The van der Waals surface area contributed by atoms with Gasteiger partial charge in [0.25, 0.3) is 0 Å². The molecule has 0 bridgehead atoms. The van der Waals surface area contributed by atoms with E-state index in [0.717, 1.165) is 29.9 Å². The summed E-state index contributed by atoms with van der Waals surface area (Å²) < 4.78 is 13.9. The van der Waals surface area contributed by atoms with Crippen LogP contribution in [0.25, 0.3) is 0 Å². The topological polar surface area (TPSA) is 29.3 Å². The van der Waals surface area contributed by atoms with E-state index in [9.17, 15) is 4.39 Å². The van der Waals surface area contributed by atoms with Gasteiger partial charge in [-0.25, -0.2) is 4.39 Å². The molecule has 0 unspecified atom stereocenters. The highest BCUT2D eigenvalue weighted by Crippen LogP contribution is 2.34. The molecule has 2 N–H and O–H groups in total. The first kappa shape index (κ1) is 13.3. The molecule has 0 saturated carbocycles. The Morgan fingerprint density at radius 3 is 2.90 bits per heavy atom. The lowest BCUT2D eigenvalue weighted by atomic mass is 10.1. The van der Waals surface area contributed by atoms with Gasteiger partial charge in [0.1, 0.15) is 5.82 Å². The van der Waals surface area contributed by atoms with Gasteiger partial charge < -0.3 is 10.6 Å². The summed E-state index contributed by atoms with van der Waals surface area (Å²) in [7, 11) is 0. The number of hydrogen-bond donors (Lipinski definition) is 1. The van der Waals surface area contributed by atoms with Crippen molar-refractivity contribution < 1.29 is 4.39 Å². The fourth-order valence-electron chi connectivity index (χ4n) is 2.68. The van der Waals surface area contributed by atoms with Crippen molar-refractivity contribution in [1.29, 1.82) is 0 Å². The Morgan fingerprint density at radius 1 is 1.35 bits per heavy atom. The van der Waals surface area contributed by atoms with Crippen molar-refractivity contribution in [2.45, 2.75) is 19.9 Å². The summed E-state index contributed by atoms with van der Waals surface area (Å²) in [5, 5.41) is 0.471. The second-order valence-electron chi connectivity index (χ2n) is 5.21. The van der Waals surface area contributed by atoms with Crippen LogP contribution in [0.3, 0.4) is 0 Å². The molecule has 0 fully saturated rings. The van der Waals surface area contributed by atoms with Gasteiger partial charge in [-0.3, -0.25) is 0 Å². The molecular weight excluding hydrogens is 275 g/mol. The number of rotatable bonds is 2. The summed E-state index contributed by atoms with van der Waals surface area (Å²) in [6, 6.07) is 8.89. The van der Waals surface area contributed by atoms with Gasteiger partial charge in [-0.2, -0.15) is 0 Å². The maximum absolute atomic E-state index is 13.9. The number of fused-ring (bicyclic) bond motifs is 1. The Morgan fingerprint density at radius 2 is 2.15 bits per heavy atom. The van der Waals surface area contributed by atoms with Gasteiger partial charge in [0.2, 0.25) is 0 Å². The second-order valence-corrected chi connectivity index (χ2v) is 5.62. The number of nitrogens with two attached hydrogens (primary N) is 1. The lowest BCUT2D eigenvalue weighted by Gasteiger charge is -2.21. The second kappa shape index (κ2) is 4.98. The first-order valence-corrected chi connectivity index (χ1v) is 7.01. The minimum absolute atomic E-state index is 0.258. The predicted molar refractivity (Wildman–Crippen MR) is 81.8 cm³/mol. The number of nitrogens with zero attached hydrogens (tertiary/aromatic N) is 1. The number of aryl methyl sites for hydroxylation is 1. The van der Waals surface area contributed by atoms with Gasteiger partial charge >= 0.3 is 0 Å². The van der Waals surface area contributed by atoms with Crippen LogP contribution in [0.2, 0.25) is 5.02 Å². The lowest BCUT2D eigenvalue weighted by molar-refractivity contribution is 0.606. The first-order valence-electron chi connectivity index (χ1n) is 6.63. The molecule has 1 aliphatic rings. The Balaban J connectivity index is 1.94. The van der Waals surface area contributed by atoms with E-state index in [1.54, 1.807) is 12.1 Å². The van der Waals surface area contributed by atoms with Crippen molar-refractivity contribution in [3.63, 3.8) is 0 Å². The molecule has 3 rings (SSSR count). The smallest absolute Gasteiger partial charge is 0.129 e. The largest absolute Gasteiger partial charge is 0.398 e. The highest BCUT2D eigenvalue weighted by atomic mass is 35.5. The van der Waals surface area contributed by atoms with Gasteiger partial charge in [0, 0.05) is 35.1 Å². The number of hydrogen-bond acceptors (Lipinski definition) is 2.